The van der Waals surface area contributed by atoms with E-state index in [0.717, 1.165) is 10.4 Å². The predicted octanol–water partition coefficient (Wildman–Crippen LogP) is 4.09. The SMILES string of the molecule is COc1ccc(NC(=O)CN(c2cccc(F)c2)S(=O)(=O)c2ccc3c(c2)OCCO3)cc1Cl. The fraction of sp³-hybridized carbons (Fsp3) is 0.174. The molecule has 0 unspecified atom stereocenters. The first kappa shape index (κ1) is 23.7. The van der Waals surface area contributed by atoms with Gasteiger partial charge in [0.25, 0.3) is 10.0 Å². The zero-order chi connectivity index (χ0) is 24.3. The molecule has 0 radical (unpaired) electrons. The van der Waals surface area contributed by atoms with E-state index in [1.807, 2.05) is 0 Å². The van der Waals surface area contributed by atoms with E-state index in [0.29, 0.717) is 23.8 Å². The molecule has 178 valence electrons. The lowest BCUT2D eigenvalue weighted by Crippen LogP contribution is -2.38. The maximum absolute atomic E-state index is 14.0. The Morgan fingerprint density at radius 3 is 2.56 bits per heavy atom. The third-order valence-electron chi connectivity index (χ3n) is 4.92. The van der Waals surface area contributed by atoms with Gasteiger partial charge in [-0.05, 0) is 48.5 Å². The van der Waals surface area contributed by atoms with Crippen LogP contribution in [0.5, 0.6) is 17.2 Å². The Kier molecular flexibility index (Phi) is 6.80. The number of carbonyl (C=O) groups excluding carboxylic acids is 1. The van der Waals surface area contributed by atoms with Crippen LogP contribution >= 0.6 is 11.6 Å². The van der Waals surface area contributed by atoms with Gasteiger partial charge in [-0.1, -0.05) is 17.7 Å². The molecule has 34 heavy (non-hydrogen) atoms. The van der Waals surface area contributed by atoms with Gasteiger partial charge in [0.15, 0.2) is 11.5 Å². The summed E-state index contributed by atoms with van der Waals surface area (Å²) >= 11 is 6.10. The molecule has 11 heteroatoms. The molecular formula is C23H20ClFN2O6S. The molecule has 1 heterocycles. The number of ether oxygens (including phenoxy) is 3. The van der Waals surface area contributed by atoms with E-state index in [2.05, 4.69) is 5.32 Å². The van der Waals surface area contributed by atoms with Crippen molar-refractivity contribution in [1.82, 2.24) is 0 Å². The van der Waals surface area contributed by atoms with E-state index in [1.165, 1.54) is 49.6 Å². The molecule has 0 saturated carbocycles. The molecule has 3 aromatic carbocycles. The number of nitrogens with one attached hydrogen (secondary N) is 1. The smallest absolute Gasteiger partial charge is 0.264 e. The molecule has 1 N–H and O–H groups in total. The molecule has 0 fully saturated rings. The highest BCUT2D eigenvalue weighted by Gasteiger charge is 2.29. The van der Waals surface area contributed by atoms with Gasteiger partial charge in [-0.2, -0.15) is 0 Å². The number of halogens is 2. The van der Waals surface area contributed by atoms with Crippen molar-refractivity contribution in [2.75, 3.05) is 36.5 Å². The fourth-order valence-corrected chi connectivity index (χ4v) is 5.02. The van der Waals surface area contributed by atoms with Crippen LogP contribution in [0.4, 0.5) is 15.8 Å². The number of sulfonamides is 1. The Hall–Kier alpha value is -3.50. The van der Waals surface area contributed by atoms with Crippen molar-refractivity contribution in [3.63, 3.8) is 0 Å². The number of hydrogen-bond acceptors (Lipinski definition) is 6. The number of benzene rings is 3. The first-order chi connectivity index (χ1) is 16.3. The van der Waals surface area contributed by atoms with E-state index in [4.69, 9.17) is 25.8 Å². The third kappa shape index (κ3) is 5.02. The summed E-state index contributed by atoms with van der Waals surface area (Å²) in [5.74, 6) is -0.212. The summed E-state index contributed by atoms with van der Waals surface area (Å²) in [7, 11) is -2.83. The van der Waals surface area contributed by atoms with Gasteiger partial charge in [0.05, 0.1) is 22.7 Å². The van der Waals surface area contributed by atoms with Crippen LogP contribution < -0.4 is 23.8 Å². The summed E-state index contributed by atoms with van der Waals surface area (Å²) in [6.07, 6.45) is 0. The van der Waals surface area contributed by atoms with Gasteiger partial charge < -0.3 is 19.5 Å². The van der Waals surface area contributed by atoms with E-state index in [-0.39, 0.29) is 28.0 Å². The number of rotatable bonds is 7. The number of fused-ring (bicyclic) bond motifs is 1. The van der Waals surface area contributed by atoms with Crippen LogP contribution in [0, 0.1) is 5.82 Å². The second-order valence-electron chi connectivity index (χ2n) is 7.19. The predicted molar refractivity (Wildman–Crippen MR) is 125 cm³/mol. The van der Waals surface area contributed by atoms with Crippen molar-refractivity contribution >= 4 is 38.9 Å². The minimum absolute atomic E-state index is 0.0159. The van der Waals surface area contributed by atoms with Crippen LogP contribution in [-0.2, 0) is 14.8 Å². The lowest BCUT2D eigenvalue weighted by Gasteiger charge is -2.25. The Morgan fingerprint density at radius 1 is 1.09 bits per heavy atom. The van der Waals surface area contributed by atoms with Gasteiger partial charge in [-0.25, -0.2) is 12.8 Å². The summed E-state index contributed by atoms with van der Waals surface area (Å²) in [5, 5.41) is 2.87. The second-order valence-corrected chi connectivity index (χ2v) is 9.46. The average molecular weight is 507 g/mol. The summed E-state index contributed by atoms with van der Waals surface area (Å²) in [4.78, 5) is 12.7. The molecule has 8 nitrogen and oxygen atoms in total. The molecule has 4 rings (SSSR count). The largest absolute Gasteiger partial charge is 0.495 e. The number of anilines is 2. The van der Waals surface area contributed by atoms with Gasteiger partial charge in [0.2, 0.25) is 5.91 Å². The summed E-state index contributed by atoms with van der Waals surface area (Å²) in [5.41, 5.74) is 0.324. The molecule has 0 aromatic heterocycles. The van der Waals surface area contributed by atoms with Crippen LogP contribution in [0.2, 0.25) is 5.02 Å². The van der Waals surface area contributed by atoms with Gasteiger partial charge in [-0.3, -0.25) is 9.10 Å². The lowest BCUT2D eigenvalue weighted by molar-refractivity contribution is -0.114. The van der Waals surface area contributed by atoms with Gasteiger partial charge in [0.1, 0.15) is 31.3 Å². The number of nitrogens with zero attached hydrogens (tertiary/aromatic N) is 1. The number of amides is 1. The minimum atomic E-state index is -4.29. The van der Waals surface area contributed by atoms with E-state index < -0.39 is 28.3 Å². The summed E-state index contributed by atoms with van der Waals surface area (Å²) < 4.78 is 57.9. The van der Waals surface area contributed by atoms with E-state index >= 15 is 0 Å². The van der Waals surface area contributed by atoms with Crippen LogP contribution in [-0.4, -0.2) is 41.2 Å². The molecule has 0 aliphatic carbocycles. The molecule has 0 saturated heterocycles. The Labute approximate surface area is 200 Å². The zero-order valence-corrected chi connectivity index (χ0v) is 19.5. The summed E-state index contributed by atoms with van der Waals surface area (Å²) in [6.45, 7) is 0.00484. The standard InChI is InChI=1S/C23H20ClFN2O6S/c1-31-20-7-5-16(12-19(20)24)26-23(28)14-27(17-4-2-3-15(25)11-17)34(29,30)18-6-8-21-22(13-18)33-10-9-32-21/h2-8,11-13H,9-10,14H2,1H3,(H,26,28). The first-order valence-corrected chi connectivity index (χ1v) is 11.9. The second kappa shape index (κ2) is 9.78. The van der Waals surface area contributed by atoms with E-state index in [9.17, 15) is 17.6 Å². The van der Waals surface area contributed by atoms with Crippen LogP contribution in [0.25, 0.3) is 0 Å². The van der Waals surface area contributed by atoms with Crippen molar-refractivity contribution in [3.8, 4) is 17.2 Å². The fourth-order valence-electron chi connectivity index (χ4n) is 3.33. The molecule has 1 amide bonds. The molecule has 0 atom stereocenters. The van der Waals surface area contributed by atoms with Crippen LogP contribution in [0.1, 0.15) is 0 Å². The van der Waals surface area contributed by atoms with Gasteiger partial charge in [0, 0.05) is 11.8 Å². The van der Waals surface area contributed by atoms with Gasteiger partial charge >= 0.3 is 0 Å². The van der Waals surface area contributed by atoms with Crippen molar-refractivity contribution in [1.29, 1.82) is 0 Å². The lowest BCUT2D eigenvalue weighted by atomic mass is 10.3. The van der Waals surface area contributed by atoms with Crippen molar-refractivity contribution in [3.05, 3.63) is 71.5 Å². The highest BCUT2D eigenvalue weighted by Crippen LogP contribution is 2.34. The maximum Gasteiger partial charge on any atom is 0.264 e. The molecule has 0 bridgehead atoms. The third-order valence-corrected chi connectivity index (χ3v) is 6.99. The van der Waals surface area contributed by atoms with Crippen molar-refractivity contribution < 1.29 is 31.8 Å². The highest BCUT2D eigenvalue weighted by atomic mass is 35.5. The average Bonchev–Trinajstić information content (AvgIpc) is 2.82. The first-order valence-electron chi connectivity index (χ1n) is 10.1. The highest BCUT2D eigenvalue weighted by molar-refractivity contribution is 7.92. The minimum Gasteiger partial charge on any atom is -0.495 e. The summed E-state index contributed by atoms with van der Waals surface area (Å²) in [6, 6.07) is 13.7. The molecule has 1 aliphatic heterocycles. The molecule has 3 aromatic rings. The van der Waals surface area contributed by atoms with Crippen LogP contribution in [0.3, 0.4) is 0 Å². The Morgan fingerprint density at radius 2 is 1.85 bits per heavy atom. The molecule has 1 aliphatic rings. The number of methoxy groups -OCH3 is 1. The monoisotopic (exact) mass is 506 g/mol. The van der Waals surface area contributed by atoms with Crippen molar-refractivity contribution in [2.24, 2.45) is 0 Å². The van der Waals surface area contributed by atoms with Crippen molar-refractivity contribution in [2.45, 2.75) is 4.90 Å². The Balaban J connectivity index is 1.65. The topological polar surface area (TPSA) is 94.2 Å². The Bertz CT molecular complexity index is 1330. The zero-order valence-electron chi connectivity index (χ0n) is 18.0. The quantitative estimate of drug-likeness (QED) is 0.518. The van der Waals surface area contributed by atoms with Crippen LogP contribution in [0.15, 0.2) is 65.6 Å². The number of hydrogen-bond donors (Lipinski definition) is 1. The normalized spacial score (nSPS) is 12.7. The number of carbonyl (C=O) groups is 1. The van der Waals surface area contributed by atoms with E-state index in [1.54, 1.807) is 12.1 Å². The molecule has 0 spiro atoms. The van der Waals surface area contributed by atoms with Gasteiger partial charge in [-0.15, -0.1) is 0 Å². The molecular weight excluding hydrogens is 487 g/mol. The maximum atomic E-state index is 14.0.